The molecule has 0 aliphatic carbocycles. The summed E-state index contributed by atoms with van der Waals surface area (Å²) >= 11 is 2.92. The predicted molar refractivity (Wildman–Crippen MR) is 108 cm³/mol. The number of thiazole rings is 1. The lowest BCUT2D eigenvalue weighted by Crippen LogP contribution is -2.04. The highest BCUT2D eigenvalue weighted by Crippen LogP contribution is 2.31. The van der Waals surface area contributed by atoms with E-state index in [1.165, 1.54) is 11.3 Å². The van der Waals surface area contributed by atoms with E-state index in [0.29, 0.717) is 27.8 Å². The second-order valence-electron chi connectivity index (χ2n) is 5.90. The van der Waals surface area contributed by atoms with Gasteiger partial charge in [-0.05, 0) is 30.5 Å². The SMILES string of the molecule is COc1ccccc1-c1cc(COC(=O)c2sc(-c3ccsc3)nc2C)on1. The fourth-order valence-electron chi connectivity index (χ4n) is 2.66. The molecule has 0 amide bonds. The van der Waals surface area contributed by atoms with Crippen LogP contribution in [0, 0.1) is 6.92 Å². The first-order valence-electron chi connectivity index (χ1n) is 8.42. The summed E-state index contributed by atoms with van der Waals surface area (Å²) in [5.41, 5.74) is 3.10. The molecule has 0 aliphatic rings. The summed E-state index contributed by atoms with van der Waals surface area (Å²) in [6, 6.07) is 11.2. The number of thiophene rings is 1. The van der Waals surface area contributed by atoms with Crippen molar-refractivity contribution < 1.29 is 18.8 Å². The molecule has 8 heteroatoms. The van der Waals surface area contributed by atoms with Gasteiger partial charge in [-0.3, -0.25) is 0 Å². The van der Waals surface area contributed by atoms with Crippen molar-refractivity contribution in [3.8, 4) is 27.6 Å². The number of carbonyl (C=O) groups excluding carboxylic acids is 1. The van der Waals surface area contributed by atoms with Crippen molar-refractivity contribution in [3.63, 3.8) is 0 Å². The monoisotopic (exact) mass is 412 g/mol. The molecule has 0 bridgehead atoms. The van der Waals surface area contributed by atoms with Crippen LogP contribution in [0.25, 0.3) is 21.8 Å². The fraction of sp³-hybridized carbons (Fsp3) is 0.150. The van der Waals surface area contributed by atoms with E-state index in [1.54, 1.807) is 31.4 Å². The van der Waals surface area contributed by atoms with Crippen LogP contribution in [0.1, 0.15) is 21.1 Å². The number of esters is 1. The topological polar surface area (TPSA) is 74.5 Å². The van der Waals surface area contributed by atoms with Crippen molar-refractivity contribution in [2.75, 3.05) is 7.11 Å². The van der Waals surface area contributed by atoms with E-state index in [-0.39, 0.29) is 6.61 Å². The third-order valence-electron chi connectivity index (χ3n) is 4.04. The summed E-state index contributed by atoms with van der Waals surface area (Å²) in [5.74, 6) is 0.724. The minimum absolute atomic E-state index is 0.00783. The maximum absolute atomic E-state index is 12.5. The number of methoxy groups -OCH3 is 1. The summed E-state index contributed by atoms with van der Waals surface area (Å²) < 4.78 is 16.0. The van der Waals surface area contributed by atoms with Crippen molar-refractivity contribution in [1.82, 2.24) is 10.1 Å². The Morgan fingerprint density at radius 3 is 2.89 bits per heavy atom. The number of aryl methyl sites for hydroxylation is 1. The third kappa shape index (κ3) is 3.69. The molecule has 0 atom stereocenters. The average molecular weight is 412 g/mol. The smallest absolute Gasteiger partial charge is 0.350 e. The Morgan fingerprint density at radius 1 is 1.25 bits per heavy atom. The second-order valence-corrected chi connectivity index (χ2v) is 7.68. The average Bonchev–Trinajstić information content (AvgIpc) is 3.46. The lowest BCUT2D eigenvalue weighted by atomic mass is 10.1. The molecule has 0 saturated carbocycles. The molecule has 3 heterocycles. The lowest BCUT2D eigenvalue weighted by molar-refractivity contribution is 0.0442. The minimum atomic E-state index is -0.424. The zero-order chi connectivity index (χ0) is 19.5. The highest BCUT2D eigenvalue weighted by molar-refractivity contribution is 7.17. The zero-order valence-corrected chi connectivity index (χ0v) is 16.8. The van der Waals surface area contributed by atoms with E-state index in [9.17, 15) is 4.79 Å². The number of hydrogen-bond acceptors (Lipinski definition) is 8. The van der Waals surface area contributed by atoms with Crippen LogP contribution in [0.5, 0.6) is 5.75 Å². The molecule has 0 aliphatic heterocycles. The number of rotatable bonds is 6. The first kappa shape index (κ1) is 18.4. The zero-order valence-electron chi connectivity index (χ0n) is 15.2. The number of nitrogens with zero attached hydrogens (tertiary/aromatic N) is 2. The molecular weight excluding hydrogens is 396 g/mol. The van der Waals surface area contributed by atoms with E-state index in [0.717, 1.165) is 16.1 Å². The van der Waals surface area contributed by atoms with E-state index >= 15 is 0 Å². The van der Waals surface area contributed by atoms with Crippen LogP contribution in [0.15, 0.2) is 51.7 Å². The normalized spacial score (nSPS) is 10.8. The molecule has 0 N–H and O–H groups in total. The molecule has 1 aromatic carbocycles. The minimum Gasteiger partial charge on any atom is -0.496 e. The van der Waals surface area contributed by atoms with Gasteiger partial charge >= 0.3 is 5.97 Å². The van der Waals surface area contributed by atoms with Crippen LogP contribution in [-0.4, -0.2) is 23.2 Å². The van der Waals surface area contributed by atoms with Gasteiger partial charge in [-0.2, -0.15) is 11.3 Å². The number of ether oxygens (including phenoxy) is 2. The molecule has 28 heavy (non-hydrogen) atoms. The Bertz CT molecular complexity index is 1100. The number of benzene rings is 1. The van der Waals surface area contributed by atoms with Crippen LogP contribution in [0.3, 0.4) is 0 Å². The number of carbonyl (C=O) groups is 1. The van der Waals surface area contributed by atoms with Crippen LogP contribution in [0.4, 0.5) is 0 Å². The van der Waals surface area contributed by atoms with Gasteiger partial charge in [-0.15, -0.1) is 11.3 Å². The van der Waals surface area contributed by atoms with Crippen molar-refractivity contribution in [2.24, 2.45) is 0 Å². The Morgan fingerprint density at radius 2 is 2.11 bits per heavy atom. The molecule has 3 aromatic heterocycles. The highest BCUT2D eigenvalue weighted by Gasteiger charge is 2.19. The molecule has 0 spiro atoms. The van der Waals surface area contributed by atoms with E-state index in [4.69, 9.17) is 14.0 Å². The quantitative estimate of drug-likeness (QED) is 0.405. The number of para-hydroxylation sites is 1. The van der Waals surface area contributed by atoms with Gasteiger partial charge in [0.2, 0.25) is 0 Å². The Balaban J connectivity index is 1.45. The fourth-order valence-corrected chi connectivity index (χ4v) is 4.33. The Kier molecular flexibility index (Phi) is 5.23. The van der Waals surface area contributed by atoms with Gasteiger partial charge < -0.3 is 14.0 Å². The maximum Gasteiger partial charge on any atom is 0.350 e. The summed E-state index contributed by atoms with van der Waals surface area (Å²) in [5, 5.41) is 8.84. The van der Waals surface area contributed by atoms with Crippen molar-refractivity contribution in [3.05, 3.63) is 63.5 Å². The van der Waals surface area contributed by atoms with Crippen molar-refractivity contribution >= 4 is 28.6 Å². The predicted octanol–water partition coefficient (Wildman–Crippen LogP) is 5.20. The Labute approximate surface area is 169 Å². The van der Waals surface area contributed by atoms with Gasteiger partial charge in [-0.1, -0.05) is 17.3 Å². The van der Waals surface area contributed by atoms with Gasteiger partial charge in [0.15, 0.2) is 12.4 Å². The van der Waals surface area contributed by atoms with Gasteiger partial charge in [0.1, 0.15) is 21.3 Å². The van der Waals surface area contributed by atoms with Crippen LogP contribution >= 0.6 is 22.7 Å². The van der Waals surface area contributed by atoms with Gasteiger partial charge in [0.25, 0.3) is 0 Å². The van der Waals surface area contributed by atoms with Crippen molar-refractivity contribution in [1.29, 1.82) is 0 Å². The van der Waals surface area contributed by atoms with E-state index < -0.39 is 5.97 Å². The Hall–Kier alpha value is -2.97. The number of hydrogen-bond donors (Lipinski definition) is 0. The summed E-state index contributed by atoms with van der Waals surface area (Å²) in [6.45, 7) is 1.79. The molecule has 0 unspecified atom stereocenters. The molecule has 4 rings (SSSR count). The summed E-state index contributed by atoms with van der Waals surface area (Å²) in [7, 11) is 1.60. The number of aromatic nitrogens is 2. The van der Waals surface area contributed by atoms with Crippen LogP contribution < -0.4 is 4.74 Å². The molecule has 142 valence electrons. The molecule has 0 radical (unpaired) electrons. The molecule has 6 nitrogen and oxygen atoms in total. The highest BCUT2D eigenvalue weighted by atomic mass is 32.1. The van der Waals surface area contributed by atoms with Gasteiger partial charge in [0, 0.05) is 22.6 Å². The molecule has 4 aromatic rings. The first-order chi connectivity index (χ1) is 13.7. The van der Waals surface area contributed by atoms with E-state index in [2.05, 4.69) is 10.1 Å². The lowest BCUT2D eigenvalue weighted by Gasteiger charge is -2.03. The standard InChI is InChI=1S/C20H16N2O4S2/c1-12-18(28-19(21-12)13-7-8-27-11-13)20(23)25-10-14-9-16(22-26-14)15-5-3-4-6-17(15)24-2/h3-9,11H,10H2,1-2H3. The second kappa shape index (κ2) is 7.95. The molecular formula is C20H16N2O4S2. The van der Waals surface area contributed by atoms with E-state index in [1.807, 2.05) is 41.1 Å². The first-order valence-corrected chi connectivity index (χ1v) is 10.2. The van der Waals surface area contributed by atoms with Gasteiger partial charge in [-0.25, -0.2) is 9.78 Å². The summed E-state index contributed by atoms with van der Waals surface area (Å²) in [6.07, 6.45) is 0. The molecule has 0 saturated heterocycles. The van der Waals surface area contributed by atoms with Crippen LogP contribution in [0.2, 0.25) is 0 Å². The van der Waals surface area contributed by atoms with Gasteiger partial charge in [0.05, 0.1) is 12.8 Å². The maximum atomic E-state index is 12.5. The summed E-state index contributed by atoms with van der Waals surface area (Å²) in [4.78, 5) is 17.4. The van der Waals surface area contributed by atoms with Crippen molar-refractivity contribution in [2.45, 2.75) is 13.5 Å². The largest absolute Gasteiger partial charge is 0.496 e. The molecule has 0 fully saturated rings. The van der Waals surface area contributed by atoms with Crippen LogP contribution in [-0.2, 0) is 11.3 Å². The third-order valence-corrected chi connectivity index (χ3v) is 5.91.